The molecule has 0 aliphatic heterocycles. The Balaban J connectivity index is 1.90. The van der Waals surface area contributed by atoms with Gasteiger partial charge >= 0.3 is 6.03 Å². The van der Waals surface area contributed by atoms with E-state index < -0.39 is 0 Å². The lowest BCUT2D eigenvalue weighted by molar-refractivity contribution is 0.101. The third kappa shape index (κ3) is 4.24. The molecule has 1 aromatic rings. The van der Waals surface area contributed by atoms with Crippen molar-refractivity contribution in [2.75, 3.05) is 18.1 Å². The van der Waals surface area contributed by atoms with E-state index in [1.54, 1.807) is 24.3 Å². The van der Waals surface area contributed by atoms with Crippen molar-refractivity contribution in [1.29, 1.82) is 0 Å². The monoisotopic (exact) mass is 306 g/mol. The minimum absolute atomic E-state index is 0.00801. The number of anilines is 1. The summed E-state index contributed by atoms with van der Waals surface area (Å²) >= 11 is 1.85. The minimum Gasteiger partial charge on any atom is -0.336 e. The molecule has 0 saturated heterocycles. The number of benzene rings is 1. The summed E-state index contributed by atoms with van der Waals surface area (Å²) in [6.07, 6.45) is 6.92. The molecule has 0 aromatic heterocycles. The third-order valence-electron chi connectivity index (χ3n) is 4.05. The molecule has 1 saturated carbocycles. The summed E-state index contributed by atoms with van der Waals surface area (Å²) in [4.78, 5) is 23.3. The Morgan fingerprint density at radius 1 is 1.29 bits per heavy atom. The molecule has 21 heavy (non-hydrogen) atoms. The van der Waals surface area contributed by atoms with Gasteiger partial charge in [0.05, 0.1) is 0 Å². The Hall–Kier alpha value is -1.49. The normalized spacial score (nSPS) is 16.5. The van der Waals surface area contributed by atoms with Gasteiger partial charge in [0, 0.05) is 22.5 Å². The summed E-state index contributed by atoms with van der Waals surface area (Å²) in [5.41, 5.74) is 1.24. The number of carbonyl (C=O) groups is 2. The van der Waals surface area contributed by atoms with Crippen LogP contribution in [0.5, 0.6) is 0 Å². The largest absolute Gasteiger partial charge is 0.336 e. The molecule has 2 rings (SSSR count). The average molecular weight is 306 g/mol. The number of thioether (sulfide) groups is 1. The Bertz CT molecular complexity index is 525. The summed E-state index contributed by atoms with van der Waals surface area (Å²) in [6.45, 7) is 2.20. The van der Waals surface area contributed by atoms with Crippen LogP contribution >= 0.6 is 11.8 Å². The van der Waals surface area contributed by atoms with Crippen molar-refractivity contribution in [2.45, 2.75) is 37.4 Å². The van der Waals surface area contributed by atoms with Gasteiger partial charge in [-0.15, -0.1) is 0 Å². The number of Topliss-reactive ketones (excluding diaryl/α,β-unsaturated/α-hetero) is 1. The van der Waals surface area contributed by atoms with Gasteiger partial charge in [0.15, 0.2) is 5.78 Å². The maximum atomic E-state index is 12.0. The van der Waals surface area contributed by atoms with Crippen LogP contribution < -0.4 is 10.6 Å². The van der Waals surface area contributed by atoms with Crippen molar-refractivity contribution in [3.63, 3.8) is 0 Å². The Morgan fingerprint density at radius 3 is 2.62 bits per heavy atom. The van der Waals surface area contributed by atoms with Gasteiger partial charge in [-0.25, -0.2) is 4.79 Å². The van der Waals surface area contributed by atoms with Crippen LogP contribution in [0.15, 0.2) is 24.3 Å². The van der Waals surface area contributed by atoms with Crippen molar-refractivity contribution in [3.8, 4) is 0 Å². The maximum absolute atomic E-state index is 12.0. The second-order valence-electron chi connectivity index (χ2n) is 5.54. The number of urea groups is 1. The van der Waals surface area contributed by atoms with Crippen molar-refractivity contribution < 1.29 is 9.59 Å². The molecule has 1 aliphatic rings. The van der Waals surface area contributed by atoms with Gasteiger partial charge in [0.25, 0.3) is 0 Å². The molecule has 1 aliphatic carbocycles. The van der Waals surface area contributed by atoms with Crippen LogP contribution in [0.4, 0.5) is 10.5 Å². The number of amides is 2. The van der Waals surface area contributed by atoms with Gasteiger partial charge in [0.1, 0.15) is 0 Å². The lowest BCUT2D eigenvalue weighted by Gasteiger charge is -2.26. The lowest BCUT2D eigenvalue weighted by Crippen LogP contribution is -2.40. The van der Waals surface area contributed by atoms with Crippen LogP contribution in [0.1, 0.15) is 43.0 Å². The van der Waals surface area contributed by atoms with E-state index in [1.165, 1.54) is 19.8 Å². The highest BCUT2D eigenvalue weighted by molar-refractivity contribution is 8.00. The summed E-state index contributed by atoms with van der Waals surface area (Å²) in [5.74, 6) is -0.00801. The van der Waals surface area contributed by atoms with E-state index >= 15 is 0 Å². The number of ketones is 1. The molecule has 1 fully saturated rings. The first kappa shape index (κ1) is 15.9. The molecule has 2 N–H and O–H groups in total. The van der Waals surface area contributed by atoms with Gasteiger partial charge in [-0.2, -0.15) is 11.8 Å². The fourth-order valence-corrected chi connectivity index (χ4v) is 3.62. The standard InChI is InChI=1S/C16H22N2O2S/c1-12(19)13-6-5-7-14(10-13)18-15(20)17-11-16(21-2)8-3-4-9-16/h5-7,10H,3-4,8-9,11H2,1-2H3,(H2,17,18,20). The molecule has 0 spiro atoms. The zero-order valence-electron chi connectivity index (χ0n) is 12.6. The van der Waals surface area contributed by atoms with E-state index in [0.29, 0.717) is 17.8 Å². The maximum Gasteiger partial charge on any atom is 0.319 e. The summed E-state index contributed by atoms with van der Waals surface area (Å²) in [7, 11) is 0. The quantitative estimate of drug-likeness (QED) is 0.816. The number of rotatable bonds is 5. The third-order valence-corrected chi connectivity index (χ3v) is 5.46. The minimum atomic E-state index is -0.212. The molecule has 2 amide bonds. The molecule has 114 valence electrons. The second kappa shape index (κ2) is 6.98. The highest BCUT2D eigenvalue weighted by Crippen LogP contribution is 2.39. The molecule has 0 radical (unpaired) electrons. The van der Waals surface area contributed by atoms with Gasteiger partial charge in [-0.05, 0) is 38.2 Å². The van der Waals surface area contributed by atoms with Gasteiger partial charge < -0.3 is 10.6 Å². The highest BCUT2D eigenvalue weighted by Gasteiger charge is 2.33. The van der Waals surface area contributed by atoms with Crippen molar-refractivity contribution in [2.24, 2.45) is 0 Å². The molecule has 0 atom stereocenters. The van der Waals surface area contributed by atoms with E-state index in [1.807, 2.05) is 11.8 Å². The van der Waals surface area contributed by atoms with Crippen molar-refractivity contribution in [1.82, 2.24) is 5.32 Å². The molecular weight excluding hydrogens is 284 g/mol. The van der Waals surface area contributed by atoms with Crippen LogP contribution in [0.2, 0.25) is 0 Å². The number of hydrogen-bond acceptors (Lipinski definition) is 3. The summed E-state index contributed by atoms with van der Waals surface area (Å²) < 4.78 is 0.193. The first-order valence-electron chi connectivity index (χ1n) is 7.26. The Kier molecular flexibility index (Phi) is 5.28. The predicted molar refractivity (Wildman–Crippen MR) is 88.2 cm³/mol. The van der Waals surface area contributed by atoms with Crippen LogP contribution in [0, 0.1) is 0 Å². The average Bonchev–Trinajstić information content (AvgIpc) is 2.95. The number of carbonyl (C=O) groups excluding carboxylic acids is 2. The van der Waals surface area contributed by atoms with Gasteiger partial charge in [-0.3, -0.25) is 4.79 Å². The first-order chi connectivity index (χ1) is 10.0. The van der Waals surface area contributed by atoms with Gasteiger partial charge in [0.2, 0.25) is 0 Å². The van der Waals surface area contributed by atoms with Crippen molar-refractivity contribution in [3.05, 3.63) is 29.8 Å². The fraction of sp³-hybridized carbons (Fsp3) is 0.500. The molecule has 0 unspecified atom stereocenters. The van der Waals surface area contributed by atoms with E-state index in [9.17, 15) is 9.59 Å². The molecular formula is C16H22N2O2S. The van der Waals surface area contributed by atoms with E-state index in [-0.39, 0.29) is 16.6 Å². The topological polar surface area (TPSA) is 58.2 Å². The first-order valence-corrected chi connectivity index (χ1v) is 8.48. The summed E-state index contributed by atoms with van der Waals surface area (Å²) in [6, 6.07) is 6.78. The van der Waals surface area contributed by atoms with E-state index in [4.69, 9.17) is 0 Å². The number of hydrogen-bond donors (Lipinski definition) is 2. The van der Waals surface area contributed by atoms with Crippen LogP contribution in [-0.4, -0.2) is 29.4 Å². The predicted octanol–water partition coefficient (Wildman–Crippen LogP) is 3.69. The lowest BCUT2D eigenvalue weighted by atomic mass is 10.1. The Morgan fingerprint density at radius 2 is 2.00 bits per heavy atom. The highest BCUT2D eigenvalue weighted by atomic mass is 32.2. The van der Waals surface area contributed by atoms with Crippen LogP contribution in [0.25, 0.3) is 0 Å². The zero-order chi connectivity index (χ0) is 15.3. The SMILES string of the molecule is CSC1(CNC(=O)Nc2cccc(C(C)=O)c2)CCCC1. The molecule has 0 heterocycles. The molecule has 0 bridgehead atoms. The van der Waals surface area contributed by atoms with Gasteiger partial charge in [-0.1, -0.05) is 25.0 Å². The Labute approximate surface area is 130 Å². The molecule has 1 aromatic carbocycles. The number of nitrogens with one attached hydrogen (secondary N) is 2. The van der Waals surface area contributed by atoms with E-state index in [0.717, 1.165) is 12.8 Å². The summed E-state index contributed by atoms with van der Waals surface area (Å²) in [5, 5.41) is 5.75. The molecule has 5 heteroatoms. The smallest absolute Gasteiger partial charge is 0.319 e. The molecule has 4 nitrogen and oxygen atoms in total. The second-order valence-corrected chi connectivity index (χ2v) is 6.81. The van der Waals surface area contributed by atoms with Crippen LogP contribution in [0.3, 0.4) is 0 Å². The van der Waals surface area contributed by atoms with Crippen molar-refractivity contribution >= 4 is 29.3 Å². The fourth-order valence-electron chi connectivity index (χ4n) is 2.70. The van der Waals surface area contributed by atoms with Crippen LogP contribution in [-0.2, 0) is 0 Å². The zero-order valence-corrected chi connectivity index (χ0v) is 13.4. The van der Waals surface area contributed by atoms with E-state index in [2.05, 4.69) is 16.9 Å².